The summed E-state index contributed by atoms with van der Waals surface area (Å²) in [6.07, 6.45) is 1.28. The molecule has 1 unspecified atom stereocenters. The lowest BCUT2D eigenvalue weighted by molar-refractivity contribution is -0.113. The predicted molar refractivity (Wildman–Crippen MR) is 121 cm³/mol. The molecular weight excluding hydrogens is 439 g/mol. The van der Waals surface area contributed by atoms with E-state index in [0.29, 0.717) is 34.0 Å². The van der Waals surface area contributed by atoms with Crippen molar-refractivity contribution in [3.05, 3.63) is 77.3 Å². The number of ether oxygens (including phenoxy) is 1. The van der Waals surface area contributed by atoms with Crippen molar-refractivity contribution in [1.82, 2.24) is 14.8 Å². The minimum atomic E-state index is -0.435. The molecule has 0 aliphatic rings. The molecule has 0 radical (unpaired) electrons. The molecule has 1 aromatic heterocycles. The Bertz CT molecular complexity index is 1070. The first-order chi connectivity index (χ1) is 14.9. The van der Waals surface area contributed by atoms with Crippen LogP contribution in [0.25, 0.3) is 0 Å². The van der Waals surface area contributed by atoms with E-state index >= 15 is 0 Å². The maximum atomic E-state index is 13.1. The molecule has 0 fully saturated rings. The summed E-state index contributed by atoms with van der Waals surface area (Å²) in [5.41, 5.74) is 1.49. The first-order valence-corrected chi connectivity index (χ1v) is 10.9. The summed E-state index contributed by atoms with van der Waals surface area (Å²) in [5.74, 6) is 0.736. The number of carbonyl (C=O) groups is 1. The van der Waals surface area contributed by atoms with Crippen LogP contribution in [0.1, 0.15) is 24.4 Å². The summed E-state index contributed by atoms with van der Waals surface area (Å²) in [6.45, 7) is 7.91. The topological polar surface area (TPSA) is 69.0 Å². The van der Waals surface area contributed by atoms with Gasteiger partial charge in [-0.3, -0.25) is 9.36 Å². The highest BCUT2D eigenvalue weighted by atomic mass is 35.5. The lowest BCUT2D eigenvalue weighted by Crippen LogP contribution is -2.16. The van der Waals surface area contributed by atoms with E-state index in [-0.39, 0.29) is 17.5 Å². The summed E-state index contributed by atoms with van der Waals surface area (Å²) in [4.78, 5) is 12.4. The van der Waals surface area contributed by atoms with Crippen molar-refractivity contribution < 1.29 is 13.9 Å². The predicted octanol–water partition coefficient (Wildman–Crippen LogP) is 5.44. The van der Waals surface area contributed by atoms with Crippen LogP contribution < -0.4 is 10.1 Å². The molecule has 3 rings (SSSR count). The second-order valence-electron chi connectivity index (χ2n) is 6.70. The quantitative estimate of drug-likeness (QED) is 0.340. The molecule has 1 N–H and O–H groups in total. The maximum Gasteiger partial charge on any atom is 0.234 e. The lowest BCUT2D eigenvalue weighted by atomic mass is 10.2. The van der Waals surface area contributed by atoms with Crippen LogP contribution in [0.3, 0.4) is 0 Å². The number of hydrogen-bond donors (Lipinski definition) is 1. The van der Waals surface area contributed by atoms with Crippen LogP contribution in [-0.2, 0) is 11.3 Å². The fraction of sp³-hybridized carbons (Fsp3) is 0.227. The number of anilines is 1. The third kappa shape index (κ3) is 5.86. The molecule has 0 aliphatic carbocycles. The van der Waals surface area contributed by atoms with Crippen LogP contribution in [0.4, 0.5) is 10.1 Å². The van der Waals surface area contributed by atoms with Gasteiger partial charge in [-0.1, -0.05) is 35.5 Å². The molecule has 3 aromatic rings. The number of amides is 1. The highest BCUT2D eigenvalue weighted by molar-refractivity contribution is 7.99. The van der Waals surface area contributed by atoms with Gasteiger partial charge in [-0.25, -0.2) is 4.39 Å². The zero-order valence-corrected chi connectivity index (χ0v) is 18.7. The SMILES string of the molecule is C=CCn1c(SCC(=O)Nc2cccc(Cl)c2C)nnc1C(C)Oc1ccc(F)cc1. The van der Waals surface area contributed by atoms with Crippen molar-refractivity contribution >= 4 is 35.0 Å². The van der Waals surface area contributed by atoms with Crippen LogP contribution >= 0.6 is 23.4 Å². The molecule has 9 heteroatoms. The van der Waals surface area contributed by atoms with Gasteiger partial charge in [0.15, 0.2) is 17.1 Å². The van der Waals surface area contributed by atoms with Crippen LogP contribution in [0.5, 0.6) is 5.75 Å². The van der Waals surface area contributed by atoms with E-state index in [2.05, 4.69) is 22.1 Å². The molecule has 0 bridgehead atoms. The average Bonchev–Trinajstić information content (AvgIpc) is 3.14. The molecule has 162 valence electrons. The monoisotopic (exact) mass is 460 g/mol. The van der Waals surface area contributed by atoms with Gasteiger partial charge < -0.3 is 10.1 Å². The van der Waals surface area contributed by atoms with Crippen molar-refractivity contribution in [3.8, 4) is 5.75 Å². The molecule has 0 saturated carbocycles. The number of benzene rings is 2. The third-order valence-corrected chi connectivity index (χ3v) is 5.80. The van der Waals surface area contributed by atoms with Gasteiger partial charge in [-0.2, -0.15) is 0 Å². The Morgan fingerprint density at radius 3 is 2.77 bits per heavy atom. The van der Waals surface area contributed by atoms with Gasteiger partial charge in [0.2, 0.25) is 5.91 Å². The minimum absolute atomic E-state index is 0.147. The van der Waals surface area contributed by atoms with Crippen molar-refractivity contribution in [2.75, 3.05) is 11.1 Å². The standard InChI is InChI=1S/C22H22ClFN4O2S/c1-4-12-28-21(15(3)30-17-10-8-16(24)9-11-17)26-27-22(28)31-13-20(29)25-19-7-5-6-18(23)14(19)2/h4-11,15H,1,12-13H2,2-3H3,(H,25,29). The number of carbonyl (C=O) groups excluding carboxylic acids is 1. The fourth-order valence-electron chi connectivity index (χ4n) is 2.84. The summed E-state index contributed by atoms with van der Waals surface area (Å²) >= 11 is 7.37. The number of thioether (sulfide) groups is 1. The van der Waals surface area contributed by atoms with Crippen LogP contribution in [0.2, 0.25) is 5.02 Å². The third-order valence-electron chi connectivity index (χ3n) is 4.42. The molecule has 6 nitrogen and oxygen atoms in total. The summed E-state index contributed by atoms with van der Waals surface area (Å²) in [6, 6.07) is 11.1. The van der Waals surface area contributed by atoms with E-state index in [0.717, 1.165) is 5.56 Å². The van der Waals surface area contributed by atoms with Gasteiger partial charge in [0.05, 0.1) is 5.75 Å². The Kier molecular flexibility index (Phi) is 7.70. The normalized spacial score (nSPS) is 11.7. The van der Waals surface area contributed by atoms with E-state index in [9.17, 15) is 9.18 Å². The van der Waals surface area contributed by atoms with E-state index < -0.39 is 6.10 Å². The summed E-state index contributed by atoms with van der Waals surface area (Å²) in [5, 5.41) is 12.5. The zero-order valence-electron chi connectivity index (χ0n) is 17.1. The summed E-state index contributed by atoms with van der Waals surface area (Å²) in [7, 11) is 0. The number of nitrogens with zero attached hydrogens (tertiary/aromatic N) is 3. The van der Waals surface area contributed by atoms with E-state index in [1.165, 1.54) is 23.9 Å². The Hall–Kier alpha value is -2.84. The molecule has 0 saturated heterocycles. The van der Waals surface area contributed by atoms with Crippen molar-refractivity contribution in [2.24, 2.45) is 0 Å². The number of halogens is 2. The molecular formula is C22H22ClFN4O2S. The number of rotatable bonds is 9. The smallest absolute Gasteiger partial charge is 0.234 e. The Balaban J connectivity index is 1.68. The van der Waals surface area contributed by atoms with E-state index in [4.69, 9.17) is 16.3 Å². The fourth-order valence-corrected chi connectivity index (χ4v) is 3.77. The second-order valence-corrected chi connectivity index (χ2v) is 8.05. The van der Waals surface area contributed by atoms with Gasteiger partial charge in [-0.05, 0) is 55.8 Å². The highest BCUT2D eigenvalue weighted by Crippen LogP contribution is 2.26. The molecule has 0 aliphatic heterocycles. The van der Waals surface area contributed by atoms with Crippen molar-refractivity contribution in [1.29, 1.82) is 0 Å². The van der Waals surface area contributed by atoms with Gasteiger partial charge >= 0.3 is 0 Å². The second kappa shape index (κ2) is 10.5. The first kappa shape index (κ1) is 22.8. The minimum Gasteiger partial charge on any atom is -0.483 e. The Morgan fingerprint density at radius 2 is 2.06 bits per heavy atom. The zero-order chi connectivity index (χ0) is 22.4. The number of aromatic nitrogens is 3. The Labute approximate surface area is 189 Å². The van der Waals surface area contributed by atoms with Crippen LogP contribution in [0.15, 0.2) is 60.3 Å². The average molecular weight is 461 g/mol. The van der Waals surface area contributed by atoms with Crippen molar-refractivity contribution in [3.63, 3.8) is 0 Å². The van der Waals surface area contributed by atoms with Gasteiger partial charge in [0.1, 0.15) is 11.6 Å². The molecule has 2 aromatic carbocycles. The van der Waals surface area contributed by atoms with Gasteiger partial charge in [0.25, 0.3) is 0 Å². The molecule has 1 heterocycles. The maximum absolute atomic E-state index is 13.1. The Morgan fingerprint density at radius 1 is 1.32 bits per heavy atom. The van der Waals surface area contributed by atoms with Gasteiger partial charge in [-0.15, -0.1) is 16.8 Å². The first-order valence-electron chi connectivity index (χ1n) is 9.53. The molecule has 31 heavy (non-hydrogen) atoms. The largest absolute Gasteiger partial charge is 0.483 e. The van der Waals surface area contributed by atoms with Crippen LogP contribution in [0, 0.1) is 12.7 Å². The van der Waals surface area contributed by atoms with Crippen LogP contribution in [-0.4, -0.2) is 26.4 Å². The lowest BCUT2D eigenvalue weighted by Gasteiger charge is -2.15. The van der Waals surface area contributed by atoms with E-state index in [1.807, 2.05) is 18.4 Å². The molecule has 1 amide bonds. The summed E-state index contributed by atoms with van der Waals surface area (Å²) < 4.78 is 20.8. The molecule has 1 atom stereocenters. The van der Waals surface area contributed by atoms with Gasteiger partial charge in [0, 0.05) is 17.3 Å². The number of nitrogens with one attached hydrogen (secondary N) is 1. The number of allylic oxidation sites excluding steroid dienone is 1. The molecule has 0 spiro atoms. The van der Waals surface area contributed by atoms with E-state index in [1.54, 1.807) is 36.4 Å². The van der Waals surface area contributed by atoms with Crippen molar-refractivity contribution in [2.45, 2.75) is 31.7 Å². The number of hydrogen-bond acceptors (Lipinski definition) is 5. The highest BCUT2D eigenvalue weighted by Gasteiger charge is 2.20.